The summed E-state index contributed by atoms with van der Waals surface area (Å²) in [5.74, 6) is 1.20. The van der Waals surface area contributed by atoms with Crippen molar-refractivity contribution in [2.75, 3.05) is 19.6 Å². The van der Waals surface area contributed by atoms with Gasteiger partial charge in [0.15, 0.2) is 0 Å². The van der Waals surface area contributed by atoms with Gasteiger partial charge >= 0.3 is 5.78 Å². The van der Waals surface area contributed by atoms with Crippen LogP contribution in [0.1, 0.15) is 19.3 Å². The Morgan fingerprint density at radius 2 is 1.86 bits per heavy atom. The van der Waals surface area contributed by atoms with Crippen molar-refractivity contribution in [2.45, 2.75) is 25.8 Å². The summed E-state index contributed by atoms with van der Waals surface area (Å²) >= 11 is 5.98. The molecule has 0 saturated carbocycles. The number of hydrogen-bond acceptors (Lipinski definition) is 4. The van der Waals surface area contributed by atoms with Crippen LogP contribution >= 0.6 is 11.6 Å². The van der Waals surface area contributed by atoms with Crippen LogP contribution in [-0.4, -0.2) is 44.2 Å². The molecule has 148 valence electrons. The van der Waals surface area contributed by atoms with Gasteiger partial charge < -0.3 is 9.47 Å². The van der Waals surface area contributed by atoms with E-state index in [4.69, 9.17) is 11.6 Å². The minimum atomic E-state index is -0.0240. The van der Waals surface area contributed by atoms with E-state index >= 15 is 0 Å². The number of aromatic nitrogens is 5. The number of aromatic amines is 1. The lowest BCUT2D eigenvalue weighted by Gasteiger charge is -2.26. The Labute approximate surface area is 172 Å². The zero-order valence-electron chi connectivity index (χ0n) is 16.0. The highest BCUT2D eigenvalue weighted by atomic mass is 35.5. The monoisotopic (exact) mass is 409 g/mol. The smallest absolute Gasteiger partial charge is 0.313 e. The minimum absolute atomic E-state index is 0.0240. The quantitative estimate of drug-likeness (QED) is 0.526. The highest BCUT2D eigenvalue weighted by molar-refractivity contribution is 6.30. The third-order valence-corrected chi connectivity index (χ3v) is 5.83. The Kier molecular flexibility index (Phi) is 4.77. The van der Waals surface area contributed by atoms with Gasteiger partial charge in [0.2, 0.25) is 5.82 Å². The fraction of sp³-hybridized carbons (Fsp3) is 0.333. The number of nitrogens with one attached hydrogen (secondary N) is 1. The fourth-order valence-corrected chi connectivity index (χ4v) is 4.08. The van der Waals surface area contributed by atoms with Crippen molar-refractivity contribution >= 4 is 28.3 Å². The number of H-pyrrole nitrogens is 1. The lowest BCUT2D eigenvalue weighted by molar-refractivity contribution is -0.550. The number of fused-ring (bicyclic) bond motifs is 3. The second-order valence-corrected chi connectivity index (χ2v) is 7.92. The van der Waals surface area contributed by atoms with Crippen LogP contribution in [-0.2, 0) is 6.54 Å². The average Bonchev–Trinajstić information content (AvgIpc) is 3.19. The topological polar surface area (TPSA) is 70.9 Å². The normalized spacial score (nSPS) is 15.3. The van der Waals surface area contributed by atoms with Crippen molar-refractivity contribution in [1.82, 2.24) is 24.5 Å². The predicted molar refractivity (Wildman–Crippen MR) is 112 cm³/mol. The predicted octanol–water partition coefficient (Wildman–Crippen LogP) is 2.66. The summed E-state index contributed by atoms with van der Waals surface area (Å²) in [6.45, 7) is 3.85. The van der Waals surface area contributed by atoms with Crippen LogP contribution in [0.3, 0.4) is 0 Å². The molecule has 8 heteroatoms. The average molecular weight is 410 g/mol. The van der Waals surface area contributed by atoms with E-state index in [2.05, 4.69) is 20.0 Å². The van der Waals surface area contributed by atoms with Gasteiger partial charge in [-0.2, -0.15) is 0 Å². The molecule has 1 aliphatic heterocycles. The largest absolute Gasteiger partial charge is 0.457 e. The van der Waals surface area contributed by atoms with Crippen molar-refractivity contribution < 1.29 is 4.52 Å². The number of halogens is 1. The summed E-state index contributed by atoms with van der Waals surface area (Å²) in [5.41, 5.74) is 1.65. The zero-order chi connectivity index (χ0) is 19.8. The summed E-state index contributed by atoms with van der Waals surface area (Å²) in [6, 6.07) is 9.39. The van der Waals surface area contributed by atoms with Gasteiger partial charge in [-0.3, -0.25) is 4.79 Å². The molecular weight excluding hydrogens is 388 g/mol. The van der Waals surface area contributed by atoms with Crippen LogP contribution in [0.4, 0.5) is 0 Å². The molecular formula is C21H22ClN6O+. The van der Waals surface area contributed by atoms with Crippen LogP contribution in [0, 0.1) is 0 Å². The maximum Gasteiger partial charge on any atom is 0.457 e. The van der Waals surface area contributed by atoms with E-state index in [1.807, 2.05) is 36.5 Å². The molecule has 1 fully saturated rings. The Hall–Kier alpha value is -2.77. The molecule has 0 atom stereocenters. The van der Waals surface area contributed by atoms with E-state index in [1.165, 1.54) is 19.3 Å². The van der Waals surface area contributed by atoms with E-state index in [1.54, 1.807) is 15.3 Å². The van der Waals surface area contributed by atoms with Crippen LogP contribution in [0.5, 0.6) is 0 Å². The van der Waals surface area contributed by atoms with E-state index < -0.39 is 0 Å². The van der Waals surface area contributed by atoms with Crippen molar-refractivity contribution in [3.63, 3.8) is 0 Å². The summed E-state index contributed by atoms with van der Waals surface area (Å²) < 4.78 is 3.54. The van der Waals surface area contributed by atoms with Gasteiger partial charge in [0.25, 0.3) is 5.56 Å². The Morgan fingerprint density at radius 3 is 2.66 bits per heavy atom. The van der Waals surface area contributed by atoms with Gasteiger partial charge in [-0.05, 0) is 61.2 Å². The SMILES string of the molecule is O=c1c2cnc3nc(-c4ccc(Cl)cc4)[nH][n+]3c2ccn1CCN1CCCCC1. The molecule has 1 aromatic carbocycles. The molecule has 1 aliphatic rings. The minimum Gasteiger partial charge on any atom is -0.313 e. The Balaban J connectivity index is 1.49. The second kappa shape index (κ2) is 7.57. The molecule has 1 saturated heterocycles. The van der Waals surface area contributed by atoms with Crippen molar-refractivity contribution in [1.29, 1.82) is 0 Å². The molecule has 29 heavy (non-hydrogen) atoms. The van der Waals surface area contributed by atoms with Gasteiger partial charge in [-0.15, -0.1) is 4.52 Å². The lowest BCUT2D eigenvalue weighted by Crippen LogP contribution is -2.35. The Morgan fingerprint density at radius 1 is 1.07 bits per heavy atom. The summed E-state index contributed by atoms with van der Waals surface area (Å²) in [6.07, 6.45) is 7.30. The number of likely N-dealkylation sites (tertiary alicyclic amines) is 1. The molecule has 0 amide bonds. The van der Waals surface area contributed by atoms with Crippen LogP contribution in [0.2, 0.25) is 5.02 Å². The first-order chi connectivity index (χ1) is 14.2. The molecule has 0 spiro atoms. The summed E-state index contributed by atoms with van der Waals surface area (Å²) in [7, 11) is 0. The summed E-state index contributed by atoms with van der Waals surface area (Å²) in [5, 5.41) is 4.50. The molecule has 5 rings (SSSR count). The maximum absolute atomic E-state index is 13.0. The first kappa shape index (κ1) is 18.3. The number of piperidine rings is 1. The van der Waals surface area contributed by atoms with Gasteiger partial charge in [0, 0.05) is 29.9 Å². The molecule has 4 aromatic rings. The fourth-order valence-electron chi connectivity index (χ4n) is 3.95. The molecule has 0 aliphatic carbocycles. The molecule has 3 aromatic heterocycles. The zero-order valence-corrected chi connectivity index (χ0v) is 16.8. The maximum atomic E-state index is 13.0. The van der Waals surface area contributed by atoms with Gasteiger partial charge in [0.1, 0.15) is 17.1 Å². The van der Waals surface area contributed by atoms with E-state index in [9.17, 15) is 4.79 Å². The van der Waals surface area contributed by atoms with Crippen molar-refractivity contribution in [3.05, 3.63) is 58.1 Å². The number of hydrogen-bond donors (Lipinski definition) is 1. The second-order valence-electron chi connectivity index (χ2n) is 7.49. The first-order valence-corrected chi connectivity index (χ1v) is 10.3. The third kappa shape index (κ3) is 3.52. The third-order valence-electron chi connectivity index (χ3n) is 5.58. The molecule has 0 radical (unpaired) electrons. The number of nitrogens with zero attached hydrogens (tertiary/aromatic N) is 5. The summed E-state index contributed by atoms with van der Waals surface area (Å²) in [4.78, 5) is 24.4. The number of pyridine rings is 1. The van der Waals surface area contributed by atoms with Crippen LogP contribution < -0.4 is 10.1 Å². The van der Waals surface area contributed by atoms with Crippen molar-refractivity contribution in [3.8, 4) is 11.4 Å². The lowest BCUT2D eigenvalue weighted by atomic mass is 10.1. The van der Waals surface area contributed by atoms with Crippen molar-refractivity contribution in [2.24, 2.45) is 0 Å². The van der Waals surface area contributed by atoms with Crippen LogP contribution in [0.25, 0.3) is 28.1 Å². The van der Waals surface area contributed by atoms with E-state index in [-0.39, 0.29) is 5.56 Å². The molecule has 0 unspecified atom stereocenters. The number of benzene rings is 1. The number of rotatable bonds is 4. The molecule has 4 heterocycles. The van der Waals surface area contributed by atoms with Gasteiger partial charge in [0.05, 0.1) is 0 Å². The molecule has 1 N–H and O–H groups in total. The first-order valence-electron chi connectivity index (χ1n) is 9.97. The Bertz CT molecular complexity index is 1220. The van der Waals surface area contributed by atoms with Crippen LogP contribution in [0.15, 0.2) is 47.5 Å². The highest BCUT2D eigenvalue weighted by Crippen LogP contribution is 2.18. The van der Waals surface area contributed by atoms with Gasteiger partial charge in [-0.25, -0.2) is 5.10 Å². The standard InChI is InChI=1S/C21H21ClN6O/c22-16-6-4-15(5-7-16)19-24-21-23-14-17-18(28(21)25-19)8-11-27(20(17)29)13-12-26-9-2-1-3-10-26/h4-8,11,14H,1-3,9-10,12-13H2/p+1. The molecule has 0 bridgehead atoms. The van der Waals surface area contributed by atoms with E-state index in [0.29, 0.717) is 28.6 Å². The van der Waals surface area contributed by atoms with Gasteiger partial charge in [-0.1, -0.05) is 23.0 Å². The molecule has 7 nitrogen and oxygen atoms in total. The van der Waals surface area contributed by atoms with E-state index in [0.717, 1.165) is 30.7 Å². The highest BCUT2D eigenvalue weighted by Gasteiger charge is 2.19.